The van der Waals surface area contributed by atoms with E-state index in [-0.39, 0.29) is 11.8 Å². The van der Waals surface area contributed by atoms with Gasteiger partial charge in [0.15, 0.2) is 0 Å². The SMILES string of the molecule is CCCC(C)(NC(=O)c1nc(N)n[nH]1)C(=O)O. The molecule has 8 nitrogen and oxygen atoms in total. The maximum absolute atomic E-state index is 11.7. The molecule has 0 aliphatic rings. The first-order valence-corrected chi connectivity index (χ1v) is 5.13. The first-order valence-electron chi connectivity index (χ1n) is 5.13. The van der Waals surface area contributed by atoms with E-state index in [2.05, 4.69) is 20.5 Å². The molecule has 1 aromatic heterocycles. The molecule has 0 saturated carbocycles. The molecule has 0 aliphatic heterocycles. The van der Waals surface area contributed by atoms with Crippen LogP contribution in [0.1, 0.15) is 37.3 Å². The quantitative estimate of drug-likeness (QED) is 0.562. The molecule has 17 heavy (non-hydrogen) atoms. The van der Waals surface area contributed by atoms with E-state index in [4.69, 9.17) is 10.8 Å². The molecule has 1 rings (SSSR count). The van der Waals surface area contributed by atoms with E-state index in [0.717, 1.165) is 0 Å². The minimum absolute atomic E-state index is 0.0670. The zero-order valence-electron chi connectivity index (χ0n) is 9.65. The lowest BCUT2D eigenvalue weighted by atomic mass is 9.96. The molecule has 94 valence electrons. The maximum Gasteiger partial charge on any atom is 0.329 e. The van der Waals surface area contributed by atoms with Crippen LogP contribution in [0.2, 0.25) is 0 Å². The maximum atomic E-state index is 11.7. The Balaban J connectivity index is 2.81. The predicted octanol–water partition coefficient (Wildman–Crippen LogP) is -0.240. The van der Waals surface area contributed by atoms with Crippen molar-refractivity contribution >= 4 is 17.8 Å². The van der Waals surface area contributed by atoms with Crippen molar-refractivity contribution in [3.8, 4) is 0 Å². The van der Waals surface area contributed by atoms with Crippen molar-refractivity contribution in [2.75, 3.05) is 5.73 Å². The van der Waals surface area contributed by atoms with E-state index in [1.165, 1.54) is 6.92 Å². The van der Waals surface area contributed by atoms with Crippen LogP contribution in [0.25, 0.3) is 0 Å². The third-order valence-corrected chi connectivity index (χ3v) is 2.33. The summed E-state index contributed by atoms with van der Waals surface area (Å²) in [6, 6.07) is 0. The molecule has 8 heteroatoms. The topological polar surface area (TPSA) is 134 Å². The second kappa shape index (κ2) is 4.81. The number of hydrogen-bond donors (Lipinski definition) is 4. The molecule has 0 spiro atoms. The van der Waals surface area contributed by atoms with Crippen LogP contribution in [0.4, 0.5) is 5.95 Å². The monoisotopic (exact) mass is 241 g/mol. The lowest BCUT2D eigenvalue weighted by Gasteiger charge is -2.24. The number of carbonyl (C=O) groups excluding carboxylic acids is 1. The molecule has 0 aliphatic carbocycles. The number of carboxylic acids is 1. The number of nitrogens with zero attached hydrogens (tertiary/aromatic N) is 2. The lowest BCUT2D eigenvalue weighted by molar-refractivity contribution is -0.144. The van der Waals surface area contributed by atoms with Crippen LogP contribution in [0.3, 0.4) is 0 Å². The van der Waals surface area contributed by atoms with Crippen molar-refractivity contribution in [1.29, 1.82) is 0 Å². The predicted molar refractivity (Wildman–Crippen MR) is 59.2 cm³/mol. The molecule has 0 radical (unpaired) electrons. The molecular formula is C9H15N5O3. The van der Waals surface area contributed by atoms with Gasteiger partial charge >= 0.3 is 5.97 Å². The summed E-state index contributed by atoms with van der Waals surface area (Å²) in [5.74, 6) is -1.92. The number of nitrogens with one attached hydrogen (secondary N) is 2. The Morgan fingerprint density at radius 3 is 2.65 bits per heavy atom. The van der Waals surface area contributed by atoms with Gasteiger partial charge in [0.25, 0.3) is 5.91 Å². The third kappa shape index (κ3) is 2.92. The van der Waals surface area contributed by atoms with E-state index in [0.29, 0.717) is 12.8 Å². The van der Waals surface area contributed by atoms with Crippen LogP contribution >= 0.6 is 0 Å². The third-order valence-electron chi connectivity index (χ3n) is 2.33. The van der Waals surface area contributed by atoms with Gasteiger partial charge in [0.2, 0.25) is 11.8 Å². The smallest absolute Gasteiger partial charge is 0.329 e. The van der Waals surface area contributed by atoms with E-state index in [1.54, 1.807) is 0 Å². The van der Waals surface area contributed by atoms with Crippen LogP contribution in [0.5, 0.6) is 0 Å². The van der Waals surface area contributed by atoms with Gasteiger partial charge < -0.3 is 16.2 Å². The number of rotatable bonds is 5. The fraction of sp³-hybridized carbons (Fsp3) is 0.556. The van der Waals surface area contributed by atoms with Gasteiger partial charge in [-0.1, -0.05) is 13.3 Å². The lowest BCUT2D eigenvalue weighted by Crippen LogP contribution is -2.52. The number of aromatic amines is 1. The van der Waals surface area contributed by atoms with E-state index in [1.807, 2.05) is 6.92 Å². The summed E-state index contributed by atoms with van der Waals surface area (Å²) < 4.78 is 0. The highest BCUT2D eigenvalue weighted by molar-refractivity contribution is 5.95. The average molecular weight is 241 g/mol. The highest BCUT2D eigenvalue weighted by Crippen LogP contribution is 2.13. The van der Waals surface area contributed by atoms with Gasteiger partial charge in [0, 0.05) is 0 Å². The van der Waals surface area contributed by atoms with Crippen molar-refractivity contribution in [1.82, 2.24) is 20.5 Å². The van der Waals surface area contributed by atoms with Crippen molar-refractivity contribution in [2.45, 2.75) is 32.2 Å². The van der Waals surface area contributed by atoms with Crippen LogP contribution in [-0.2, 0) is 4.79 Å². The number of hydrogen-bond acceptors (Lipinski definition) is 5. The molecular weight excluding hydrogens is 226 g/mol. The van der Waals surface area contributed by atoms with Crippen LogP contribution in [0, 0.1) is 0 Å². The normalized spacial score (nSPS) is 14.0. The number of nitrogen functional groups attached to an aromatic ring is 1. The molecule has 5 N–H and O–H groups in total. The zero-order chi connectivity index (χ0) is 13.1. The minimum Gasteiger partial charge on any atom is -0.480 e. The average Bonchev–Trinajstić information content (AvgIpc) is 2.65. The first kappa shape index (κ1) is 12.9. The van der Waals surface area contributed by atoms with Gasteiger partial charge in [0.05, 0.1) is 0 Å². The largest absolute Gasteiger partial charge is 0.480 e. The number of anilines is 1. The molecule has 1 amide bonds. The zero-order valence-corrected chi connectivity index (χ0v) is 9.65. The second-order valence-electron chi connectivity index (χ2n) is 3.88. The molecule has 0 bridgehead atoms. The molecule has 1 heterocycles. The summed E-state index contributed by atoms with van der Waals surface area (Å²) in [4.78, 5) is 26.4. The van der Waals surface area contributed by atoms with E-state index in [9.17, 15) is 9.59 Å². The first-order chi connectivity index (χ1) is 7.89. The van der Waals surface area contributed by atoms with Gasteiger partial charge in [-0.2, -0.15) is 4.98 Å². The van der Waals surface area contributed by atoms with Crippen molar-refractivity contribution < 1.29 is 14.7 Å². The summed E-state index contributed by atoms with van der Waals surface area (Å²) in [7, 11) is 0. The van der Waals surface area contributed by atoms with Gasteiger partial charge in [-0.15, -0.1) is 5.10 Å². The van der Waals surface area contributed by atoms with Crippen LogP contribution < -0.4 is 11.1 Å². The van der Waals surface area contributed by atoms with Gasteiger partial charge in [-0.05, 0) is 13.3 Å². The Labute approximate surface area is 97.6 Å². The minimum atomic E-state index is -1.33. The summed E-state index contributed by atoms with van der Waals surface area (Å²) in [5.41, 5.74) is 3.92. The van der Waals surface area contributed by atoms with Crippen molar-refractivity contribution in [3.05, 3.63) is 5.82 Å². The number of carboxylic acid groups (broad SMARTS) is 1. The molecule has 1 unspecified atom stereocenters. The highest BCUT2D eigenvalue weighted by Gasteiger charge is 2.34. The molecule has 1 aromatic rings. The Hall–Kier alpha value is -2.12. The number of nitrogens with two attached hydrogens (primary N) is 1. The number of H-pyrrole nitrogens is 1. The Morgan fingerprint density at radius 1 is 1.59 bits per heavy atom. The Kier molecular flexibility index (Phi) is 3.66. The molecule has 0 aromatic carbocycles. The summed E-state index contributed by atoms with van der Waals surface area (Å²) in [6.07, 6.45) is 0.944. The van der Waals surface area contributed by atoms with Gasteiger partial charge in [0.1, 0.15) is 5.54 Å². The highest BCUT2D eigenvalue weighted by atomic mass is 16.4. The van der Waals surface area contributed by atoms with Gasteiger partial charge in [-0.25, -0.2) is 4.79 Å². The van der Waals surface area contributed by atoms with Crippen LogP contribution in [0.15, 0.2) is 0 Å². The number of amides is 1. The fourth-order valence-corrected chi connectivity index (χ4v) is 1.41. The standard InChI is InChI=1S/C9H15N5O3/c1-3-4-9(2,7(16)17)12-6(15)5-11-8(10)14-13-5/h3-4H2,1-2H3,(H,12,15)(H,16,17)(H3,10,11,13,14). The van der Waals surface area contributed by atoms with E-state index >= 15 is 0 Å². The number of carbonyl (C=O) groups is 2. The Morgan fingerprint density at radius 2 is 2.24 bits per heavy atom. The molecule has 1 atom stereocenters. The second-order valence-corrected chi connectivity index (χ2v) is 3.88. The molecule has 0 saturated heterocycles. The fourth-order valence-electron chi connectivity index (χ4n) is 1.41. The van der Waals surface area contributed by atoms with Gasteiger partial charge in [-0.3, -0.25) is 9.89 Å². The molecule has 0 fully saturated rings. The summed E-state index contributed by atoms with van der Waals surface area (Å²) in [6.45, 7) is 3.27. The van der Waals surface area contributed by atoms with Crippen molar-refractivity contribution in [3.63, 3.8) is 0 Å². The summed E-state index contributed by atoms with van der Waals surface area (Å²) in [5, 5.41) is 17.3. The Bertz CT molecular complexity index is 430. The van der Waals surface area contributed by atoms with Crippen molar-refractivity contribution in [2.24, 2.45) is 0 Å². The summed E-state index contributed by atoms with van der Waals surface area (Å²) >= 11 is 0. The van der Waals surface area contributed by atoms with Crippen LogP contribution in [-0.4, -0.2) is 37.7 Å². The van der Waals surface area contributed by atoms with E-state index < -0.39 is 17.4 Å². The number of aromatic nitrogens is 3. The number of aliphatic carboxylic acids is 1.